The van der Waals surface area contributed by atoms with Crippen molar-refractivity contribution in [3.63, 3.8) is 0 Å². The van der Waals surface area contributed by atoms with Crippen molar-refractivity contribution in [2.24, 2.45) is 0 Å². The Bertz CT molecular complexity index is 666. The van der Waals surface area contributed by atoms with E-state index in [-0.39, 0.29) is 11.3 Å². The first-order valence-electron chi connectivity index (χ1n) is 6.73. The molecule has 0 atom stereocenters. The lowest BCUT2D eigenvalue weighted by atomic mass is 10.2. The monoisotopic (exact) mass is 305 g/mol. The van der Waals surface area contributed by atoms with Crippen molar-refractivity contribution in [2.75, 3.05) is 5.73 Å². The van der Waals surface area contributed by atoms with Crippen LogP contribution in [-0.4, -0.2) is 31.3 Å². The largest absolute Gasteiger partial charge is 0.478 e. The van der Waals surface area contributed by atoms with E-state index in [0.29, 0.717) is 11.2 Å². The summed E-state index contributed by atoms with van der Waals surface area (Å²) in [5.74, 6) is -1.03. The number of nitrogens with zero attached hydrogens (tertiary/aromatic N) is 4. The van der Waals surface area contributed by atoms with Crippen LogP contribution < -0.4 is 5.73 Å². The number of tetrazole rings is 1. The van der Waals surface area contributed by atoms with Gasteiger partial charge in [-0.25, -0.2) is 9.48 Å². The highest BCUT2D eigenvalue weighted by Crippen LogP contribution is 2.34. The van der Waals surface area contributed by atoms with Crippen molar-refractivity contribution in [3.05, 3.63) is 23.8 Å². The van der Waals surface area contributed by atoms with Gasteiger partial charge in [-0.1, -0.05) is 12.8 Å². The standard InChI is InChI=1S/C13H15N5O2S/c14-11-7-9(5-6-10(11)12(19)20)21-13-15-16-17-18(13)8-3-1-2-4-8/h5-8H,1-4,14H2,(H,19,20). The van der Waals surface area contributed by atoms with E-state index in [4.69, 9.17) is 10.8 Å². The average Bonchev–Trinajstić information content (AvgIpc) is 3.08. The minimum absolute atomic E-state index is 0.106. The molecule has 1 fully saturated rings. The Balaban J connectivity index is 1.82. The van der Waals surface area contributed by atoms with Crippen LogP contribution in [0.3, 0.4) is 0 Å². The van der Waals surface area contributed by atoms with Crippen LogP contribution in [0.15, 0.2) is 28.3 Å². The summed E-state index contributed by atoms with van der Waals surface area (Å²) in [5, 5.41) is 21.6. The Labute approximate surface area is 125 Å². The van der Waals surface area contributed by atoms with Gasteiger partial charge in [-0.3, -0.25) is 0 Å². The molecule has 1 aromatic heterocycles. The molecule has 21 heavy (non-hydrogen) atoms. The van der Waals surface area contributed by atoms with Crippen LogP contribution in [0.1, 0.15) is 42.1 Å². The second-order valence-corrected chi connectivity index (χ2v) is 6.04. The molecule has 0 aliphatic heterocycles. The van der Waals surface area contributed by atoms with Gasteiger partial charge in [0.2, 0.25) is 5.16 Å². The molecular weight excluding hydrogens is 290 g/mol. The zero-order chi connectivity index (χ0) is 14.8. The fourth-order valence-electron chi connectivity index (χ4n) is 2.54. The number of nitrogen functional groups attached to an aromatic ring is 1. The second kappa shape index (κ2) is 5.72. The third-order valence-electron chi connectivity index (χ3n) is 3.60. The third kappa shape index (κ3) is 2.85. The lowest BCUT2D eigenvalue weighted by Gasteiger charge is -2.11. The summed E-state index contributed by atoms with van der Waals surface area (Å²) in [5.41, 5.74) is 6.11. The number of hydrogen-bond acceptors (Lipinski definition) is 6. The Morgan fingerprint density at radius 1 is 1.38 bits per heavy atom. The van der Waals surface area contributed by atoms with Crippen LogP contribution in [0.25, 0.3) is 0 Å². The van der Waals surface area contributed by atoms with Crippen molar-refractivity contribution in [1.29, 1.82) is 0 Å². The molecule has 1 aliphatic rings. The molecule has 3 rings (SSSR count). The van der Waals surface area contributed by atoms with Crippen LogP contribution in [0, 0.1) is 0 Å². The van der Waals surface area contributed by atoms with Crippen LogP contribution >= 0.6 is 11.8 Å². The lowest BCUT2D eigenvalue weighted by Crippen LogP contribution is -2.08. The van der Waals surface area contributed by atoms with Gasteiger partial charge in [0.15, 0.2) is 0 Å². The SMILES string of the molecule is Nc1cc(Sc2nnnn2C2CCCC2)ccc1C(=O)O. The fraction of sp³-hybridized carbons (Fsp3) is 0.385. The number of benzene rings is 1. The highest BCUT2D eigenvalue weighted by molar-refractivity contribution is 7.99. The van der Waals surface area contributed by atoms with E-state index in [0.717, 1.165) is 17.7 Å². The van der Waals surface area contributed by atoms with E-state index in [2.05, 4.69) is 15.5 Å². The van der Waals surface area contributed by atoms with Gasteiger partial charge < -0.3 is 10.8 Å². The molecular formula is C13H15N5O2S. The van der Waals surface area contributed by atoms with Crippen LogP contribution in [0.4, 0.5) is 5.69 Å². The maximum atomic E-state index is 11.0. The van der Waals surface area contributed by atoms with Gasteiger partial charge in [0, 0.05) is 10.6 Å². The molecule has 0 amide bonds. The topological polar surface area (TPSA) is 107 Å². The predicted octanol–water partition coefficient (Wildman–Crippen LogP) is 2.22. The maximum Gasteiger partial charge on any atom is 0.337 e. The van der Waals surface area contributed by atoms with Crippen LogP contribution in [0.2, 0.25) is 0 Å². The number of hydrogen-bond donors (Lipinski definition) is 2. The highest BCUT2D eigenvalue weighted by atomic mass is 32.2. The summed E-state index contributed by atoms with van der Waals surface area (Å²) in [4.78, 5) is 11.8. The smallest absolute Gasteiger partial charge is 0.337 e. The van der Waals surface area contributed by atoms with Crippen LogP contribution in [-0.2, 0) is 0 Å². The molecule has 1 aromatic carbocycles. The molecule has 1 saturated carbocycles. The molecule has 0 bridgehead atoms. The summed E-state index contributed by atoms with van der Waals surface area (Å²) < 4.78 is 1.86. The third-order valence-corrected chi connectivity index (χ3v) is 4.54. The zero-order valence-corrected chi connectivity index (χ0v) is 12.1. The van der Waals surface area contributed by atoms with E-state index in [1.807, 2.05) is 4.68 Å². The molecule has 3 N–H and O–H groups in total. The van der Waals surface area contributed by atoms with E-state index >= 15 is 0 Å². The first-order chi connectivity index (χ1) is 10.1. The van der Waals surface area contributed by atoms with Gasteiger partial charge in [-0.2, -0.15) is 0 Å². The Hall–Kier alpha value is -2.09. The summed E-state index contributed by atoms with van der Waals surface area (Å²) in [6.07, 6.45) is 4.60. The van der Waals surface area contributed by atoms with E-state index in [1.165, 1.54) is 30.7 Å². The van der Waals surface area contributed by atoms with Crippen LogP contribution in [0.5, 0.6) is 0 Å². The Morgan fingerprint density at radius 3 is 2.81 bits per heavy atom. The number of carboxylic acids is 1. The number of aromatic nitrogens is 4. The summed E-state index contributed by atoms with van der Waals surface area (Å²) >= 11 is 1.40. The molecule has 0 saturated heterocycles. The summed E-state index contributed by atoms with van der Waals surface area (Å²) in [7, 11) is 0. The van der Waals surface area contributed by atoms with Crippen molar-refractivity contribution in [1.82, 2.24) is 20.2 Å². The van der Waals surface area contributed by atoms with Gasteiger partial charge in [0.1, 0.15) is 0 Å². The van der Waals surface area contributed by atoms with E-state index in [9.17, 15) is 4.79 Å². The summed E-state index contributed by atoms with van der Waals surface area (Å²) in [6.45, 7) is 0. The molecule has 1 heterocycles. The second-order valence-electron chi connectivity index (χ2n) is 5.00. The van der Waals surface area contributed by atoms with E-state index in [1.54, 1.807) is 12.1 Å². The molecule has 110 valence electrons. The molecule has 0 radical (unpaired) electrons. The van der Waals surface area contributed by atoms with Gasteiger partial charge in [0.05, 0.1) is 11.6 Å². The molecule has 0 unspecified atom stereocenters. The first-order valence-corrected chi connectivity index (χ1v) is 7.55. The Morgan fingerprint density at radius 2 is 2.14 bits per heavy atom. The van der Waals surface area contributed by atoms with Gasteiger partial charge >= 0.3 is 5.97 Å². The average molecular weight is 305 g/mol. The first kappa shape index (κ1) is 13.9. The quantitative estimate of drug-likeness (QED) is 0.834. The minimum atomic E-state index is -1.03. The van der Waals surface area contributed by atoms with Gasteiger partial charge in [0.25, 0.3) is 0 Å². The lowest BCUT2D eigenvalue weighted by molar-refractivity contribution is 0.0698. The predicted molar refractivity (Wildman–Crippen MR) is 77.3 cm³/mol. The van der Waals surface area contributed by atoms with Crippen molar-refractivity contribution >= 4 is 23.4 Å². The van der Waals surface area contributed by atoms with Gasteiger partial charge in [-0.15, -0.1) is 5.10 Å². The number of anilines is 1. The molecule has 0 spiro atoms. The highest BCUT2D eigenvalue weighted by Gasteiger charge is 2.22. The molecule has 2 aromatic rings. The van der Waals surface area contributed by atoms with Crippen molar-refractivity contribution in [2.45, 2.75) is 41.8 Å². The number of carbonyl (C=O) groups is 1. The fourth-order valence-corrected chi connectivity index (χ4v) is 3.42. The summed E-state index contributed by atoms with van der Waals surface area (Å²) in [6, 6.07) is 5.22. The van der Waals surface area contributed by atoms with Gasteiger partial charge in [-0.05, 0) is 53.2 Å². The number of carboxylic acid groups (broad SMARTS) is 1. The maximum absolute atomic E-state index is 11.0. The van der Waals surface area contributed by atoms with Crippen molar-refractivity contribution in [3.8, 4) is 0 Å². The molecule has 7 nitrogen and oxygen atoms in total. The molecule has 8 heteroatoms. The zero-order valence-electron chi connectivity index (χ0n) is 11.3. The number of aromatic carboxylic acids is 1. The number of nitrogens with two attached hydrogens (primary N) is 1. The Kier molecular flexibility index (Phi) is 3.78. The van der Waals surface area contributed by atoms with E-state index < -0.39 is 5.97 Å². The van der Waals surface area contributed by atoms with Crippen molar-refractivity contribution < 1.29 is 9.90 Å². The minimum Gasteiger partial charge on any atom is -0.478 e. The number of rotatable bonds is 4. The normalized spacial score (nSPS) is 15.4. The molecule has 1 aliphatic carbocycles.